The van der Waals surface area contributed by atoms with E-state index in [0.29, 0.717) is 19.5 Å². The van der Waals surface area contributed by atoms with E-state index in [0.717, 1.165) is 12.1 Å². The van der Waals surface area contributed by atoms with Crippen LogP contribution in [-0.2, 0) is 0 Å². The summed E-state index contributed by atoms with van der Waals surface area (Å²) in [6.45, 7) is 1.42. The number of halogens is 2. The van der Waals surface area contributed by atoms with E-state index >= 15 is 0 Å². The average Bonchev–Trinajstić information content (AvgIpc) is 2.63. The maximum Gasteiger partial charge on any atom is 0.131 e. The molecular weight excluding hydrogens is 228 g/mol. The topological polar surface area (TPSA) is 43.7 Å². The molecule has 3 nitrogen and oxygen atoms in total. The van der Waals surface area contributed by atoms with Gasteiger partial charge in [0.2, 0.25) is 0 Å². The predicted molar refractivity (Wildman–Crippen MR) is 58.4 cm³/mol. The third-order valence-electron chi connectivity index (χ3n) is 3.00. The first-order valence-electron chi connectivity index (χ1n) is 5.59. The Labute approximate surface area is 98.3 Å². The van der Waals surface area contributed by atoms with Crippen LogP contribution in [0.1, 0.15) is 18.1 Å². The van der Waals surface area contributed by atoms with E-state index in [4.69, 9.17) is 0 Å². The zero-order valence-electron chi connectivity index (χ0n) is 9.31. The van der Waals surface area contributed by atoms with Crippen LogP contribution in [0.2, 0.25) is 0 Å². The molecule has 0 bridgehead atoms. The number of likely N-dealkylation sites (tertiary alicyclic amines) is 1. The van der Waals surface area contributed by atoms with Gasteiger partial charge in [0.05, 0.1) is 12.2 Å². The molecule has 0 aliphatic carbocycles. The number of aliphatic hydroxyl groups excluding tert-OH is 2. The van der Waals surface area contributed by atoms with Gasteiger partial charge in [-0.15, -0.1) is 0 Å². The van der Waals surface area contributed by atoms with Crippen molar-refractivity contribution in [3.8, 4) is 0 Å². The second-order valence-electron chi connectivity index (χ2n) is 4.38. The van der Waals surface area contributed by atoms with Crippen molar-refractivity contribution in [2.45, 2.75) is 18.6 Å². The number of aliphatic hydroxyl groups is 2. The summed E-state index contributed by atoms with van der Waals surface area (Å²) in [6, 6.07) is 3.14. The average molecular weight is 243 g/mol. The minimum absolute atomic E-state index is 0.0905. The number of hydrogen-bond acceptors (Lipinski definition) is 3. The first-order chi connectivity index (χ1) is 8.06. The van der Waals surface area contributed by atoms with Gasteiger partial charge in [0, 0.05) is 31.3 Å². The highest BCUT2D eigenvalue weighted by Crippen LogP contribution is 2.21. The highest BCUT2D eigenvalue weighted by Gasteiger charge is 2.23. The summed E-state index contributed by atoms with van der Waals surface area (Å²) in [4.78, 5) is 1.86. The molecule has 0 aromatic heterocycles. The van der Waals surface area contributed by atoms with Crippen molar-refractivity contribution < 1.29 is 19.0 Å². The van der Waals surface area contributed by atoms with Crippen LogP contribution in [0.5, 0.6) is 0 Å². The normalized spacial score (nSPS) is 22.9. The Hall–Kier alpha value is -1.04. The monoisotopic (exact) mass is 243 g/mol. The summed E-state index contributed by atoms with van der Waals surface area (Å²) >= 11 is 0. The molecule has 94 valence electrons. The van der Waals surface area contributed by atoms with Gasteiger partial charge in [0.1, 0.15) is 11.6 Å². The molecule has 0 saturated carbocycles. The maximum absolute atomic E-state index is 13.4. The van der Waals surface area contributed by atoms with E-state index < -0.39 is 17.7 Å². The summed E-state index contributed by atoms with van der Waals surface area (Å²) in [5.74, 6) is -1.40. The molecule has 1 heterocycles. The lowest BCUT2D eigenvalue weighted by Crippen LogP contribution is -2.27. The first-order valence-corrected chi connectivity index (χ1v) is 5.59. The molecule has 1 aromatic carbocycles. The predicted octanol–water partition coefficient (Wildman–Crippen LogP) is 1.06. The summed E-state index contributed by atoms with van der Waals surface area (Å²) in [5.41, 5.74) is 0.0905. The maximum atomic E-state index is 13.4. The molecule has 0 spiro atoms. The highest BCUT2D eigenvalue weighted by atomic mass is 19.1. The van der Waals surface area contributed by atoms with Crippen molar-refractivity contribution in [2.24, 2.45) is 0 Å². The number of β-amino-alcohol motifs (C(OH)–C–C–N with tert-alkyl or cyclic N) is 2. The van der Waals surface area contributed by atoms with Crippen LogP contribution in [-0.4, -0.2) is 40.9 Å². The molecule has 0 radical (unpaired) electrons. The van der Waals surface area contributed by atoms with Crippen molar-refractivity contribution in [1.29, 1.82) is 0 Å². The van der Waals surface area contributed by atoms with Gasteiger partial charge in [-0.2, -0.15) is 0 Å². The standard InChI is InChI=1S/C12H15F2NO2/c13-8-1-2-10(11(14)5-8)12(17)7-15-4-3-9(16)6-15/h1-2,5,9,12,16-17H,3-4,6-7H2. The van der Waals surface area contributed by atoms with Gasteiger partial charge >= 0.3 is 0 Å². The van der Waals surface area contributed by atoms with E-state index in [1.165, 1.54) is 6.07 Å². The van der Waals surface area contributed by atoms with Gasteiger partial charge < -0.3 is 10.2 Å². The smallest absolute Gasteiger partial charge is 0.131 e. The summed E-state index contributed by atoms with van der Waals surface area (Å²) in [5, 5.41) is 19.2. The second kappa shape index (κ2) is 5.08. The van der Waals surface area contributed by atoms with Crippen molar-refractivity contribution in [3.63, 3.8) is 0 Å². The van der Waals surface area contributed by atoms with E-state index in [1.54, 1.807) is 0 Å². The molecule has 2 N–H and O–H groups in total. The zero-order chi connectivity index (χ0) is 12.4. The third-order valence-corrected chi connectivity index (χ3v) is 3.00. The lowest BCUT2D eigenvalue weighted by Gasteiger charge is -2.20. The highest BCUT2D eigenvalue weighted by molar-refractivity contribution is 5.21. The largest absolute Gasteiger partial charge is 0.392 e. The van der Waals surface area contributed by atoms with Crippen LogP contribution in [0.3, 0.4) is 0 Å². The van der Waals surface area contributed by atoms with Crippen LogP contribution >= 0.6 is 0 Å². The first kappa shape index (κ1) is 12.4. The Morgan fingerprint density at radius 3 is 2.76 bits per heavy atom. The zero-order valence-corrected chi connectivity index (χ0v) is 9.31. The molecule has 1 saturated heterocycles. The molecule has 5 heteroatoms. The van der Waals surface area contributed by atoms with Gasteiger partial charge in [0.25, 0.3) is 0 Å². The molecule has 1 aliphatic heterocycles. The molecular formula is C12H15F2NO2. The second-order valence-corrected chi connectivity index (χ2v) is 4.38. The number of nitrogens with zero attached hydrogens (tertiary/aromatic N) is 1. The minimum Gasteiger partial charge on any atom is -0.392 e. The Balaban J connectivity index is 2.01. The van der Waals surface area contributed by atoms with Crippen LogP contribution < -0.4 is 0 Å². The summed E-state index contributed by atoms with van der Waals surface area (Å²) in [7, 11) is 0. The number of hydrogen-bond donors (Lipinski definition) is 2. The van der Waals surface area contributed by atoms with Crippen LogP contribution in [0, 0.1) is 11.6 Å². The van der Waals surface area contributed by atoms with Crippen molar-refractivity contribution in [2.75, 3.05) is 19.6 Å². The summed E-state index contributed by atoms with van der Waals surface area (Å²) < 4.78 is 26.1. The number of benzene rings is 1. The van der Waals surface area contributed by atoms with Crippen molar-refractivity contribution in [1.82, 2.24) is 4.90 Å². The molecule has 1 fully saturated rings. The molecule has 2 rings (SSSR count). The van der Waals surface area contributed by atoms with E-state index in [9.17, 15) is 19.0 Å². The van der Waals surface area contributed by atoms with Crippen LogP contribution in [0.15, 0.2) is 18.2 Å². The molecule has 17 heavy (non-hydrogen) atoms. The summed E-state index contributed by atoms with van der Waals surface area (Å²) in [6.07, 6.45) is -0.709. The van der Waals surface area contributed by atoms with E-state index in [1.807, 2.05) is 4.90 Å². The fourth-order valence-electron chi connectivity index (χ4n) is 2.09. The quantitative estimate of drug-likeness (QED) is 0.834. The van der Waals surface area contributed by atoms with E-state index in [-0.39, 0.29) is 18.2 Å². The Morgan fingerprint density at radius 2 is 2.18 bits per heavy atom. The lowest BCUT2D eigenvalue weighted by molar-refractivity contribution is 0.110. The molecule has 1 aliphatic rings. The van der Waals surface area contributed by atoms with Gasteiger partial charge in [0.15, 0.2) is 0 Å². The third kappa shape index (κ3) is 3.00. The molecule has 2 unspecified atom stereocenters. The van der Waals surface area contributed by atoms with E-state index in [2.05, 4.69) is 0 Å². The van der Waals surface area contributed by atoms with Crippen molar-refractivity contribution >= 4 is 0 Å². The van der Waals surface area contributed by atoms with Gasteiger partial charge in [-0.1, -0.05) is 6.07 Å². The van der Waals surface area contributed by atoms with Gasteiger partial charge in [-0.05, 0) is 12.5 Å². The fraction of sp³-hybridized carbons (Fsp3) is 0.500. The Bertz CT molecular complexity index is 400. The Kier molecular flexibility index (Phi) is 3.71. The van der Waals surface area contributed by atoms with Crippen LogP contribution in [0.25, 0.3) is 0 Å². The Morgan fingerprint density at radius 1 is 1.41 bits per heavy atom. The molecule has 2 atom stereocenters. The number of rotatable bonds is 3. The SMILES string of the molecule is OC1CCN(CC(O)c2ccc(F)cc2F)C1. The van der Waals surface area contributed by atoms with Gasteiger partial charge in [-0.25, -0.2) is 8.78 Å². The molecule has 0 amide bonds. The van der Waals surface area contributed by atoms with Gasteiger partial charge in [-0.3, -0.25) is 4.90 Å². The minimum atomic E-state index is -0.999. The van der Waals surface area contributed by atoms with Crippen LogP contribution in [0.4, 0.5) is 8.78 Å². The lowest BCUT2D eigenvalue weighted by atomic mass is 10.1. The van der Waals surface area contributed by atoms with Crippen molar-refractivity contribution in [3.05, 3.63) is 35.4 Å². The fourth-order valence-corrected chi connectivity index (χ4v) is 2.09. The molecule has 1 aromatic rings.